The molecule has 1 aromatic carbocycles. The summed E-state index contributed by atoms with van der Waals surface area (Å²) in [6.45, 7) is 13.1. The number of piperidine rings is 1. The van der Waals surface area contributed by atoms with Crippen LogP contribution in [0.3, 0.4) is 0 Å². The number of hydrogen-bond donors (Lipinski definition) is 0. The lowest BCUT2D eigenvalue weighted by molar-refractivity contribution is 0.0454. The summed E-state index contributed by atoms with van der Waals surface area (Å²) in [5.41, 5.74) is 2.09. The molecule has 24 heavy (non-hydrogen) atoms. The molecule has 1 saturated heterocycles. The molecule has 1 aliphatic rings. The van der Waals surface area contributed by atoms with E-state index in [2.05, 4.69) is 79.1 Å². The Balaban J connectivity index is 2.11. The smallest absolute Gasteiger partial charge is 0.254 e. The van der Waals surface area contributed by atoms with Gasteiger partial charge in [0, 0.05) is 40.7 Å². The van der Waals surface area contributed by atoms with Crippen LogP contribution in [0.1, 0.15) is 67.3 Å². The number of alkyl halides is 1. The van der Waals surface area contributed by atoms with E-state index in [1.807, 2.05) is 12.1 Å². The molecule has 0 radical (unpaired) electrons. The molecule has 3 nitrogen and oxygen atoms in total. The van der Waals surface area contributed by atoms with Gasteiger partial charge in [-0.15, -0.1) is 0 Å². The summed E-state index contributed by atoms with van der Waals surface area (Å²) < 4.78 is 0.466. The third-order valence-corrected chi connectivity index (χ3v) is 5.75. The molecular weight excluding hydrogens is 411 g/mol. The minimum Gasteiger partial charge on any atom is -0.333 e. The summed E-state index contributed by atoms with van der Waals surface area (Å²) in [6.07, 6.45) is 2.15. The quantitative estimate of drug-likeness (QED) is 0.478. The molecule has 0 spiro atoms. The molecule has 134 valence electrons. The van der Waals surface area contributed by atoms with Crippen LogP contribution >= 0.6 is 22.6 Å². The molecule has 0 N–H and O–H groups in total. The molecule has 1 heterocycles. The minimum atomic E-state index is 0.181. The van der Waals surface area contributed by atoms with Crippen LogP contribution in [0.2, 0.25) is 0 Å². The highest BCUT2D eigenvalue weighted by molar-refractivity contribution is 14.1. The van der Waals surface area contributed by atoms with Crippen LogP contribution in [-0.2, 0) is 0 Å². The van der Waals surface area contributed by atoms with Crippen molar-refractivity contribution < 1.29 is 4.79 Å². The number of likely N-dealkylation sites (tertiary alicyclic amines) is 1. The van der Waals surface area contributed by atoms with Crippen LogP contribution in [0.25, 0.3) is 0 Å². The standard InChI is InChI=1S/C20H31IN2O/c1-14(2)22-12-10-19(11-13-22)23(15(3)4)20(24)18-8-6-17(7-9-18)16(5)21/h6-9,14-16,19H,10-13H2,1-5H3. The maximum atomic E-state index is 13.1. The molecule has 1 aliphatic heterocycles. The van der Waals surface area contributed by atoms with Crippen molar-refractivity contribution in [2.24, 2.45) is 0 Å². The average molecular weight is 442 g/mol. The maximum absolute atomic E-state index is 13.1. The van der Waals surface area contributed by atoms with Gasteiger partial charge in [-0.3, -0.25) is 4.79 Å². The van der Waals surface area contributed by atoms with Crippen molar-refractivity contribution in [3.05, 3.63) is 35.4 Å². The first-order valence-corrected chi connectivity index (χ1v) is 10.4. The van der Waals surface area contributed by atoms with Crippen LogP contribution in [0.15, 0.2) is 24.3 Å². The summed E-state index contributed by atoms with van der Waals surface area (Å²) in [5, 5.41) is 0. The fourth-order valence-corrected chi connectivity index (χ4v) is 3.96. The highest BCUT2D eigenvalue weighted by Crippen LogP contribution is 2.25. The number of rotatable bonds is 5. The van der Waals surface area contributed by atoms with E-state index in [-0.39, 0.29) is 11.9 Å². The van der Waals surface area contributed by atoms with Crippen LogP contribution in [-0.4, -0.2) is 46.9 Å². The van der Waals surface area contributed by atoms with Crippen molar-refractivity contribution >= 4 is 28.5 Å². The molecule has 1 unspecified atom stereocenters. The number of halogens is 1. The highest BCUT2D eigenvalue weighted by Gasteiger charge is 2.30. The van der Waals surface area contributed by atoms with Crippen molar-refractivity contribution in [1.82, 2.24) is 9.80 Å². The molecule has 1 aromatic rings. The molecular formula is C20H31IN2O. The Labute approximate surface area is 160 Å². The van der Waals surface area contributed by atoms with Gasteiger partial charge < -0.3 is 9.80 Å². The second-order valence-electron chi connectivity index (χ2n) is 7.41. The van der Waals surface area contributed by atoms with Crippen molar-refractivity contribution in [3.63, 3.8) is 0 Å². The Morgan fingerprint density at radius 3 is 2.04 bits per heavy atom. The van der Waals surface area contributed by atoms with Gasteiger partial charge in [-0.05, 0) is 65.2 Å². The third-order valence-electron chi connectivity index (χ3n) is 5.03. The molecule has 0 bridgehead atoms. The zero-order valence-corrected chi connectivity index (χ0v) is 17.8. The number of hydrogen-bond acceptors (Lipinski definition) is 2. The zero-order valence-electron chi connectivity index (χ0n) is 15.6. The molecule has 0 saturated carbocycles. The van der Waals surface area contributed by atoms with Gasteiger partial charge >= 0.3 is 0 Å². The van der Waals surface area contributed by atoms with Gasteiger partial charge in [0.05, 0.1) is 0 Å². The van der Waals surface area contributed by atoms with E-state index >= 15 is 0 Å². The van der Waals surface area contributed by atoms with Gasteiger partial charge in [-0.2, -0.15) is 0 Å². The summed E-state index contributed by atoms with van der Waals surface area (Å²) >= 11 is 2.40. The Morgan fingerprint density at radius 1 is 1.08 bits per heavy atom. The first-order valence-electron chi connectivity index (χ1n) is 9.12. The van der Waals surface area contributed by atoms with Gasteiger partial charge in [0.2, 0.25) is 0 Å². The monoisotopic (exact) mass is 442 g/mol. The van der Waals surface area contributed by atoms with E-state index in [0.29, 0.717) is 16.0 Å². The van der Waals surface area contributed by atoms with Crippen molar-refractivity contribution in [1.29, 1.82) is 0 Å². The van der Waals surface area contributed by atoms with Gasteiger partial charge in [0.15, 0.2) is 0 Å². The van der Waals surface area contributed by atoms with Crippen molar-refractivity contribution in [3.8, 4) is 0 Å². The minimum absolute atomic E-state index is 0.181. The molecule has 0 aromatic heterocycles. The zero-order chi connectivity index (χ0) is 17.9. The summed E-state index contributed by atoms with van der Waals surface area (Å²) in [4.78, 5) is 17.7. The van der Waals surface area contributed by atoms with Crippen molar-refractivity contribution in [2.75, 3.05) is 13.1 Å². The largest absolute Gasteiger partial charge is 0.333 e. The Kier molecular flexibility index (Phi) is 7.10. The van der Waals surface area contributed by atoms with Gasteiger partial charge in [-0.1, -0.05) is 34.7 Å². The number of amides is 1. The van der Waals surface area contributed by atoms with Crippen LogP contribution in [0.4, 0.5) is 0 Å². The first-order chi connectivity index (χ1) is 11.3. The molecule has 2 rings (SSSR count). The second kappa shape index (κ2) is 8.65. The predicted molar refractivity (Wildman–Crippen MR) is 110 cm³/mol. The van der Waals surface area contributed by atoms with Gasteiger partial charge in [0.25, 0.3) is 5.91 Å². The first kappa shape index (κ1) is 19.7. The normalized spacial score (nSPS) is 18.2. The molecule has 0 aliphatic carbocycles. The Morgan fingerprint density at radius 2 is 1.62 bits per heavy atom. The van der Waals surface area contributed by atoms with E-state index in [1.54, 1.807) is 0 Å². The fraction of sp³-hybridized carbons (Fsp3) is 0.650. The maximum Gasteiger partial charge on any atom is 0.254 e. The lowest BCUT2D eigenvalue weighted by atomic mass is 9.99. The summed E-state index contributed by atoms with van der Waals surface area (Å²) in [6, 6.07) is 9.34. The number of carbonyl (C=O) groups excluding carboxylic acids is 1. The third kappa shape index (κ3) is 4.72. The molecule has 1 atom stereocenters. The Hall–Kier alpha value is -0.620. The molecule has 4 heteroatoms. The summed E-state index contributed by atoms with van der Waals surface area (Å²) in [5.74, 6) is 0.181. The predicted octanol–water partition coefficient (Wildman–Crippen LogP) is 4.91. The number of benzene rings is 1. The number of carbonyl (C=O) groups is 1. The fourth-order valence-electron chi connectivity index (χ4n) is 3.54. The molecule has 1 amide bonds. The van der Waals surface area contributed by atoms with Crippen molar-refractivity contribution in [2.45, 2.75) is 69.5 Å². The lowest BCUT2D eigenvalue weighted by Gasteiger charge is -2.42. The SMILES string of the molecule is CC(I)c1ccc(C(=O)N(C(C)C)C2CCN(C(C)C)CC2)cc1. The lowest BCUT2D eigenvalue weighted by Crippen LogP contribution is -2.51. The molecule has 1 fully saturated rings. The van der Waals surface area contributed by atoms with Gasteiger partial charge in [-0.25, -0.2) is 0 Å². The van der Waals surface area contributed by atoms with E-state index in [9.17, 15) is 4.79 Å². The Bertz CT molecular complexity index is 531. The average Bonchev–Trinajstić information content (AvgIpc) is 2.55. The van der Waals surface area contributed by atoms with Crippen LogP contribution in [0, 0.1) is 0 Å². The van der Waals surface area contributed by atoms with E-state index in [1.165, 1.54) is 5.56 Å². The summed E-state index contributed by atoms with van der Waals surface area (Å²) in [7, 11) is 0. The highest BCUT2D eigenvalue weighted by atomic mass is 127. The van der Waals surface area contributed by atoms with Crippen LogP contribution < -0.4 is 0 Å². The second-order valence-corrected chi connectivity index (χ2v) is 9.27. The number of nitrogens with zero attached hydrogens (tertiary/aromatic N) is 2. The van der Waals surface area contributed by atoms with E-state index < -0.39 is 0 Å². The topological polar surface area (TPSA) is 23.6 Å². The van der Waals surface area contributed by atoms with Crippen LogP contribution in [0.5, 0.6) is 0 Å². The van der Waals surface area contributed by atoms with Gasteiger partial charge in [0.1, 0.15) is 0 Å². The van der Waals surface area contributed by atoms with E-state index in [0.717, 1.165) is 31.5 Å². The van der Waals surface area contributed by atoms with E-state index in [4.69, 9.17) is 0 Å².